The van der Waals surface area contributed by atoms with Crippen LogP contribution in [0.2, 0.25) is 0 Å². The van der Waals surface area contributed by atoms with Gasteiger partial charge in [0.2, 0.25) is 5.95 Å². The van der Waals surface area contributed by atoms with Crippen LogP contribution in [-0.4, -0.2) is 57.1 Å². The third-order valence-corrected chi connectivity index (χ3v) is 6.27. The van der Waals surface area contributed by atoms with Crippen molar-refractivity contribution in [2.45, 2.75) is 13.8 Å². The normalized spacial score (nSPS) is 14.5. The van der Waals surface area contributed by atoms with Crippen LogP contribution in [0.1, 0.15) is 20.9 Å². The second-order valence-corrected chi connectivity index (χ2v) is 8.53. The molecule has 1 aliphatic heterocycles. The maximum absolute atomic E-state index is 13.5. The van der Waals surface area contributed by atoms with Gasteiger partial charge in [-0.2, -0.15) is 0 Å². The lowest BCUT2D eigenvalue weighted by Crippen LogP contribution is -2.49. The fourth-order valence-corrected chi connectivity index (χ4v) is 4.52. The number of thiophene rings is 1. The molecule has 1 saturated heterocycles. The van der Waals surface area contributed by atoms with Gasteiger partial charge in [0, 0.05) is 43.4 Å². The van der Waals surface area contributed by atoms with E-state index in [0.717, 1.165) is 10.6 Å². The Morgan fingerprint density at radius 2 is 1.87 bits per heavy atom. The summed E-state index contributed by atoms with van der Waals surface area (Å²) in [6, 6.07) is 7.73. The highest BCUT2D eigenvalue weighted by Crippen LogP contribution is 2.31. The predicted molar refractivity (Wildman–Crippen MR) is 115 cm³/mol. The molecule has 5 rings (SSSR count). The number of carbonyl (C=O) groups excluding carboxylic acids is 1. The van der Waals surface area contributed by atoms with Gasteiger partial charge in [-0.15, -0.1) is 11.3 Å². The molecule has 5 heterocycles. The van der Waals surface area contributed by atoms with Gasteiger partial charge in [0.25, 0.3) is 11.6 Å². The molecule has 0 unspecified atom stereocenters. The maximum atomic E-state index is 13.5. The summed E-state index contributed by atoms with van der Waals surface area (Å²) in [6.45, 7) is 6.45. The highest BCUT2D eigenvalue weighted by molar-refractivity contribution is 7.15. The number of amides is 1. The Labute approximate surface area is 177 Å². The van der Waals surface area contributed by atoms with Crippen molar-refractivity contribution >= 4 is 34.3 Å². The molecule has 1 aliphatic rings. The molecule has 0 radical (unpaired) electrons. The van der Waals surface area contributed by atoms with Crippen molar-refractivity contribution in [2.75, 3.05) is 31.1 Å². The van der Waals surface area contributed by atoms with Crippen LogP contribution in [0.4, 0.5) is 5.95 Å². The lowest BCUT2D eigenvalue weighted by molar-refractivity contribution is 0.0748. The lowest BCUT2D eigenvalue weighted by atomic mass is 10.1. The Morgan fingerprint density at radius 3 is 2.57 bits per heavy atom. The van der Waals surface area contributed by atoms with E-state index in [0.29, 0.717) is 54.5 Å². The summed E-state index contributed by atoms with van der Waals surface area (Å²) in [5.41, 5.74) is 2.39. The van der Waals surface area contributed by atoms with Gasteiger partial charge in [-0.3, -0.25) is 4.79 Å². The van der Waals surface area contributed by atoms with Crippen molar-refractivity contribution in [2.24, 2.45) is 0 Å². The van der Waals surface area contributed by atoms with E-state index in [-0.39, 0.29) is 5.91 Å². The maximum Gasteiger partial charge on any atom is 0.259 e. The predicted octanol–water partition coefficient (Wildman–Crippen LogP) is 3.32. The lowest BCUT2D eigenvalue weighted by Gasteiger charge is -2.34. The average molecular weight is 420 g/mol. The van der Waals surface area contributed by atoms with Gasteiger partial charge >= 0.3 is 0 Å². The molecule has 0 aliphatic carbocycles. The van der Waals surface area contributed by atoms with Crippen molar-refractivity contribution in [1.82, 2.24) is 25.0 Å². The van der Waals surface area contributed by atoms with E-state index in [1.165, 1.54) is 4.88 Å². The second-order valence-electron chi connectivity index (χ2n) is 7.24. The molecular weight excluding hydrogens is 400 g/mol. The average Bonchev–Trinajstić information content (AvgIpc) is 3.39. The summed E-state index contributed by atoms with van der Waals surface area (Å²) in [5, 5.41) is 4.73. The molecule has 0 aromatic carbocycles. The minimum absolute atomic E-state index is 0.0307. The van der Waals surface area contributed by atoms with E-state index in [1.807, 2.05) is 36.9 Å². The summed E-state index contributed by atoms with van der Waals surface area (Å²) in [7, 11) is 0. The third kappa shape index (κ3) is 3.30. The molecule has 4 aromatic heterocycles. The largest absolute Gasteiger partial charge is 0.337 e. The molecule has 0 bridgehead atoms. The van der Waals surface area contributed by atoms with Crippen LogP contribution in [-0.2, 0) is 0 Å². The van der Waals surface area contributed by atoms with E-state index in [9.17, 15) is 4.79 Å². The van der Waals surface area contributed by atoms with Gasteiger partial charge in [-0.05, 0) is 38.1 Å². The molecule has 1 amide bonds. The summed E-state index contributed by atoms with van der Waals surface area (Å²) in [5.74, 6) is 0.665. The molecule has 9 heteroatoms. The molecule has 30 heavy (non-hydrogen) atoms. The van der Waals surface area contributed by atoms with E-state index >= 15 is 0 Å². The molecule has 152 valence electrons. The van der Waals surface area contributed by atoms with Crippen molar-refractivity contribution < 1.29 is 9.32 Å². The van der Waals surface area contributed by atoms with E-state index in [4.69, 9.17) is 4.52 Å². The Morgan fingerprint density at radius 1 is 1.10 bits per heavy atom. The molecule has 0 saturated carbocycles. The zero-order chi connectivity index (χ0) is 20.7. The minimum Gasteiger partial charge on any atom is -0.337 e. The molecule has 0 N–H and O–H groups in total. The highest BCUT2D eigenvalue weighted by atomic mass is 32.1. The first kappa shape index (κ1) is 18.7. The third-order valence-electron chi connectivity index (χ3n) is 5.24. The fourth-order valence-electron chi connectivity index (χ4n) is 3.70. The van der Waals surface area contributed by atoms with Crippen LogP contribution in [0.25, 0.3) is 21.7 Å². The molecule has 0 atom stereocenters. The van der Waals surface area contributed by atoms with Gasteiger partial charge in [0.15, 0.2) is 0 Å². The van der Waals surface area contributed by atoms with Crippen molar-refractivity contribution in [3.63, 3.8) is 0 Å². The first-order valence-electron chi connectivity index (χ1n) is 9.75. The van der Waals surface area contributed by atoms with Crippen molar-refractivity contribution in [3.8, 4) is 10.6 Å². The fraction of sp³-hybridized carbons (Fsp3) is 0.286. The summed E-state index contributed by atoms with van der Waals surface area (Å²) in [6.07, 6.45) is 3.46. The van der Waals surface area contributed by atoms with Crippen LogP contribution in [0.15, 0.2) is 41.2 Å². The van der Waals surface area contributed by atoms with Crippen molar-refractivity contribution in [3.05, 3.63) is 52.8 Å². The SMILES string of the molecule is Cc1ccc(-c2cc(C(=O)N3CCN(c4ncccn4)CC3)c3c(C)noc3n2)s1. The van der Waals surface area contributed by atoms with Crippen LogP contribution < -0.4 is 4.90 Å². The number of hydrogen-bond acceptors (Lipinski definition) is 8. The number of piperazine rings is 1. The van der Waals surface area contributed by atoms with Gasteiger partial charge in [0.1, 0.15) is 0 Å². The zero-order valence-corrected chi connectivity index (χ0v) is 17.5. The van der Waals surface area contributed by atoms with Crippen molar-refractivity contribution in [1.29, 1.82) is 0 Å². The van der Waals surface area contributed by atoms with Gasteiger partial charge in [0.05, 0.1) is 27.2 Å². The first-order valence-corrected chi connectivity index (χ1v) is 10.6. The standard InChI is InChI=1S/C21H20N6O2S/c1-13-4-5-17(30-13)16-12-15(18-14(2)25-29-19(18)24-16)20(28)26-8-10-27(11-9-26)21-22-6-3-7-23-21/h3-7,12H,8-11H2,1-2H3. The molecule has 1 fully saturated rings. The van der Waals surface area contributed by atoms with Gasteiger partial charge in [-0.1, -0.05) is 5.16 Å². The second kappa shape index (κ2) is 7.49. The van der Waals surface area contributed by atoms with Crippen LogP contribution in [0, 0.1) is 13.8 Å². The van der Waals surface area contributed by atoms with E-state index in [2.05, 4.69) is 25.0 Å². The Kier molecular flexibility index (Phi) is 4.66. The summed E-state index contributed by atoms with van der Waals surface area (Å²) >= 11 is 1.64. The monoisotopic (exact) mass is 420 g/mol. The number of nitrogens with zero attached hydrogens (tertiary/aromatic N) is 6. The molecule has 0 spiro atoms. The van der Waals surface area contributed by atoms with E-state index in [1.54, 1.807) is 29.8 Å². The molecular formula is C21H20N6O2S. The number of aryl methyl sites for hydroxylation is 2. The topological polar surface area (TPSA) is 88.3 Å². The number of hydrogen-bond donors (Lipinski definition) is 0. The Hall–Kier alpha value is -3.33. The van der Waals surface area contributed by atoms with Gasteiger partial charge in [-0.25, -0.2) is 15.0 Å². The summed E-state index contributed by atoms with van der Waals surface area (Å²) in [4.78, 5) is 32.8. The zero-order valence-electron chi connectivity index (χ0n) is 16.7. The van der Waals surface area contributed by atoms with Crippen LogP contribution in [0.3, 0.4) is 0 Å². The van der Waals surface area contributed by atoms with E-state index < -0.39 is 0 Å². The van der Waals surface area contributed by atoms with Crippen LogP contribution >= 0.6 is 11.3 Å². The van der Waals surface area contributed by atoms with Gasteiger partial charge < -0.3 is 14.3 Å². The Bertz CT molecular complexity index is 1210. The number of rotatable bonds is 3. The minimum atomic E-state index is -0.0307. The number of anilines is 1. The first-order chi connectivity index (χ1) is 14.6. The molecule has 4 aromatic rings. The molecule has 8 nitrogen and oxygen atoms in total. The number of carbonyl (C=O) groups is 1. The Balaban J connectivity index is 1.45. The highest BCUT2D eigenvalue weighted by Gasteiger charge is 2.27. The number of pyridine rings is 1. The number of fused-ring (bicyclic) bond motifs is 1. The quantitative estimate of drug-likeness (QED) is 0.502. The smallest absolute Gasteiger partial charge is 0.259 e. The van der Waals surface area contributed by atoms with Crippen LogP contribution in [0.5, 0.6) is 0 Å². The number of aromatic nitrogens is 4. The summed E-state index contributed by atoms with van der Waals surface area (Å²) < 4.78 is 5.42.